The first kappa shape index (κ1) is 12.8. The quantitative estimate of drug-likeness (QED) is 0.911. The van der Waals surface area contributed by atoms with Crippen molar-refractivity contribution in [1.29, 1.82) is 0 Å². The molecule has 3 heterocycles. The van der Waals surface area contributed by atoms with Crippen LogP contribution in [0.4, 0.5) is 0 Å². The van der Waals surface area contributed by atoms with Crippen LogP contribution in [0.3, 0.4) is 0 Å². The molecule has 0 radical (unpaired) electrons. The average Bonchev–Trinajstić information content (AvgIpc) is 3.10. The van der Waals surface area contributed by atoms with E-state index in [-0.39, 0.29) is 11.4 Å². The number of hydrogen-bond acceptors (Lipinski definition) is 4. The molecule has 6 nitrogen and oxygen atoms in total. The summed E-state index contributed by atoms with van der Waals surface area (Å²) in [6.07, 6.45) is 7.64. The molecule has 0 saturated carbocycles. The number of pyridine rings is 1. The second-order valence-corrected chi connectivity index (χ2v) is 5.19. The third kappa shape index (κ3) is 2.55. The Balaban J connectivity index is 1.80. The van der Waals surface area contributed by atoms with Gasteiger partial charge in [0.25, 0.3) is 5.91 Å². The van der Waals surface area contributed by atoms with Gasteiger partial charge >= 0.3 is 0 Å². The summed E-state index contributed by atoms with van der Waals surface area (Å²) in [7, 11) is 0. The van der Waals surface area contributed by atoms with E-state index < -0.39 is 0 Å². The first-order chi connectivity index (χ1) is 9.66. The van der Waals surface area contributed by atoms with Gasteiger partial charge in [0.2, 0.25) is 0 Å². The predicted molar refractivity (Wildman–Crippen MR) is 72.7 cm³/mol. The van der Waals surface area contributed by atoms with Gasteiger partial charge in [0.15, 0.2) is 0 Å². The van der Waals surface area contributed by atoms with Crippen LogP contribution in [-0.4, -0.2) is 39.2 Å². The molecule has 1 N–H and O–H groups in total. The maximum atomic E-state index is 12.3. The molecular formula is C14H16N4O2. The molecule has 1 fully saturated rings. The minimum Gasteiger partial charge on any atom is -0.379 e. The summed E-state index contributed by atoms with van der Waals surface area (Å²) < 4.78 is 7.16. The first-order valence-electron chi connectivity index (χ1n) is 6.51. The predicted octanol–water partition coefficient (Wildman–Crippen LogP) is 1.18. The van der Waals surface area contributed by atoms with Crippen molar-refractivity contribution < 1.29 is 9.53 Å². The molecule has 20 heavy (non-hydrogen) atoms. The summed E-state index contributed by atoms with van der Waals surface area (Å²) in [4.78, 5) is 20.4. The Morgan fingerprint density at radius 1 is 1.50 bits per heavy atom. The topological polar surface area (TPSA) is 69.0 Å². The Kier molecular flexibility index (Phi) is 3.23. The summed E-state index contributed by atoms with van der Waals surface area (Å²) >= 11 is 0. The summed E-state index contributed by atoms with van der Waals surface area (Å²) in [5, 5.41) is 2.99. The van der Waals surface area contributed by atoms with Crippen LogP contribution in [0.15, 0.2) is 37.1 Å². The Morgan fingerprint density at radius 2 is 2.40 bits per heavy atom. The number of amides is 1. The highest BCUT2D eigenvalue weighted by molar-refractivity contribution is 5.93. The average molecular weight is 272 g/mol. The molecule has 2 aromatic rings. The molecule has 1 atom stereocenters. The van der Waals surface area contributed by atoms with Gasteiger partial charge in [0.05, 0.1) is 24.2 Å². The van der Waals surface area contributed by atoms with Gasteiger partial charge < -0.3 is 14.6 Å². The van der Waals surface area contributed by atoms with Gasteiger partial charge in [-0.2, -0.15) is 0 Å². The molecular weight excluding hydrogens is 256 g/mol. The van der Waals surface area contributed by atoms with Crippen LogP contribution in [0.25, 0.3) is 5.69 Å². The van der Waals surface area contributed by atoms with E-state index in [1.54, 1.807) is 24.8 Å². The largest absolute Gasteiger partial charge is 0.379 e. The number of rotatable bonds is 3. The van der Waals surface area contributed by atoms with Crippen molar-refractivity contribution >= 4 is 5.91 Å². The highest BCUT2D eigenvalue weighted by Gasteiger charge is 2.31. The van der Waals surface area contributed by atoms with E-state index in [4.69, 9.17) is 4.74 Å². The Hall–Kier alpha value is -2.21. The van der Waals surface area contributed by atoms with Gasteiger partial charge in [-0.1, -0.05) is 0 Å². The molecule has 0 spiro atoms. The van der Waals surface area contributed by atoms with Crippen LogP contribution in [0.1, 0.15) is 23.8 Å². The third-order valence-corrected chi connectivity index (χ3v) is 3.41. The van der Waals surface area contributed by atoms with E-state index in [0.717, 1.165) is 12.1 Å². The van der Waals surface area contributed by atoms with Gasteiger partial charge in [0, 0.05) is 25.2 Å². The van der Waals surface area contributed by atoms with Crippen LogP contribution in [0.5, 0.6) is 0 Å². The van der Waals surface area contributed by atoms with Crippen LogP contribution >= 0.6 is 0 Å². The Bertz CT molecular complexity index is 603. The molecule has 2 aromatic heterocycles. The van der Waals surface area contributed by atoms with Crippen molar-refractivity contribution in [3.05, 3.63) is 42.7 Å². The zero-order valence-corrected chi connectivity index (χ0v) is 11.2. The van der Waals surface area contributed by atoms with Gasteiger partial charge in [-0.15, -0.1) is 0 Å². The van der Waals surface area contributed by atoms with Gasteiger partial charge in [-0.3, -0.25) is 9.78 Å². The summed E-state index contributed by atoms with van der Waals surface area (Å²) in [6.45, 7) is 3.21. The van der Waals surface area contributed by atoms with Crippen molar-refractivity contribution in [3.63, 3.8) is 0 Å². The zero-order valence-electron chi connectivity index (χ0n) is 11.2. The van der Waals surface area contributed by atoms with Gasteiger partial charge in [-0.25, -0.2) is 4.98 Å². The van der Waals surface area contributed by atoms with Crippen molar-refractivity contribution in [2.75, 3.05) is 13.2 Å². The normalized spacial score (nSPS) is 21.9. The molecule has 1 aliphatic heterocycles. The molecule has 3 rings (SSSR count). The molecule has 0 aromatic carbocycles. The fourth-order valence-corrected chi connectivity index (χ4v) is 2.22. The van der Waals surface area contributed by atoms with Gasteiger partial charge in [0.1, 0.15) is 5.69 Å². The van der Waals surface area contributed by atoms with Crippen LogP contribution in [0, 0.1) is 0 Å². The first-order valence-corrected chi connectivity index (χ1v) is 6.51. The number of nitrogens with one attached hydrogen (secondary N) is 1. The second kappa shape index (κ2) is 5.05. The SMILES string of the molecule is CC1(NC(=O)c2cc(-n3ccnc3)ccn2)CCOC1. The molecule has 0 aliphatic carbocycles. The molecule has 6 heteroatoms. The number of ether oxygens (including phenoxy) is 1. The zero-order chi connectivity index (χ0) is 14.0. The number of carbonyl (C=O) groups is 1. The number of aromatic nitrogens is 3. The molecule has 1 unspecified atom stereocenters. The minimum atomic E-state index is -0.302. The van der Waals surface area contributed by atoms with Crippen molar-refractivity contribution in [2.24, 2.45) is 0 Å². The summed E-state index contributed by atoms with van der Waals surface area (Å²) in [6, 6.07) is 3.58. The highest BCUT2D eigenvalue weighted by Crippen LogP contribution is 2.18. The van der Waals surface area contributed by atoms with E-state index in [1.807, 2.05) is 23.8 Å². The summed E-state index contributed by atoms with van der Waals surface area (Å²) in [5.41, 5.74) is 0.948. The maximum absolute atomic E-state index is 12.3. The van der Waals surface area contributed by atoms with Crippen molar-refractivity contribution in [2.45, 2.75) is 18.9 Å². The number of nitrogens with zero attached hydrogens (tertiary/aromatic N) is 3. The fourth-order valence-electron chi connectivity index (χ4n) is 2.22. The number of hydrogen-bond donors (Lipinski definition) is 1. The molecule has 104 valence electrons. The summed E-state index contributed by atoms with van der Waals surface area (Å²) in [5.74, 6) is -0.181. The monoisotopic (exact) mass is 272 g/mol. The molecule has 1 amide bonds. The van der Waals surface area contributed by atoms with E-state index in [9.17, 15) is 4.79 Å². The number of imidazole rings is 1. The second-order valence-electron chi connectivity index (χ2n) is 5.19. The molecule has 1 aliphatic rings. The van der Waals surface area contributed by atoms with Crippen LogP contribution < -0.4 is 5.32 Å². The van der Waals surface area contributed by atoms with Crippen LogP contribution in [-0.2, 0) is 4.74 Å². The standard InChI is InChI=1S/C14H16N4O2/c1-14(3-7-20-9-14)17-13(19)12-8-11(2-4-16-12)18-6-5-15-10-18/h2,4-6,8,10H,3,7,9H2,1H3,(H,17,19). The molecule has 0 bridgehead atoms. The van der Waals surface area contributed by atoms with Gasteiger partial charge in [-0.05, 0) is 25.5 Å². The highest BCUT2D eigenvalue weighted by atomic mass is 16.5. The fraction of sp³-hybridized carbons (Fsp3) is 0.357. The smallest absolute Gasteiger partial charge is 0.270 e. The van der Waals surface area contributed by atoms with Crippen molar-refractivity contribution in [1.82, 2.24) is 19.9 Å². The van der Waals surface area contributed by atoms with E-state index in [0.29, 0.717) is 18.9 Å². The minimum absolute atomic E-state index is 0.181. The lowest BCUT2D eigenvalue weighted by Crippen LogP contribution is -2.46. The van der Waals surface area contributed by atoms with E-state index in [2.05, 4.69) is 15.3 Å². The lowest BCUT2D eigenvalue weighted by molar-refractivity contribution is 0.0884. The third-order valence-electron chi connectivity index (χ3n) is 3.41. The maximum Gasteiger partial charge on any atom is 0.270 e. The lowest BCUT2D eigenvalue weighted by atomic mass is 10.0. The lowest BCUT2D eigenvalue weighted by Gasteiger charge is -2.23. The van der Waals surface area contributed by atoms with E-state index >= 15 is 0 Å². The van der Waals surface area contributed by atoms with Crippen molar-refractivity contribution in [3.8, 4) is 5.69 Å². The Labute approximate surface area is 116 Å². The molecule has 1 saturated heterocycles. The van der Waals surface area contributed by atoms with E-state index in [1.165, 1.54) is 0 Å². The van der Waals surface area contributed by atoms with Crippen LogP contribution in [0.2, 0.25) is 0 Å². The Morgan fingerprint density at radius 3 is 3.10 bits per heavy atom. The number of carbonyl (C=O) groups excluding carboxylic acids is 1.